The number of hydrogen-bond donors (Lipinski definition) is 0. The lowest BCUT2D eigenvalue weighted by Gasteiger charge is -2.27. The highest BCUT2D eigenvalue weighted by Gasteiger charge is 2.38. The van der Waals surface area contributed by atoms with Crippen molar-refractivity contribution >= 4 is 16.8 Å². The quantitative estimate of drug-likeness (QED) is 0.413. The van der Waals surface area contributed by atoms with Crippen molar-refractivity contribution in [2.75, 3.05) is 0 Å². The highest BCUT2D eigenvalue weighted by Crippen LogP contribution is 2.39. The SMILES string of the molecule is C=Cc1ccc2c3c(ccc2c1)CC(c1cc(F)c(C(F)(F)F)c(F)c1)CC3. The van der Waals surface area contributed by atoms with Gasteiger partial charge in [0.2, 0.25) is 0 Å². The summed E-state index contributed by atoms with van der Waals surface area (Å²) < 4.78 is 66.3. The molecule has 4 rings (SSSR count). The first-order chi connectivity index (χ1) is 13.3. The van der Waals surface area contributed by atoms with Gasteiger partial charge in [-0.05, 0) is 76.4 Å². The molecule has 0 nitrogen and oxygen atoms in total. The van der Waals surface area contributed by atoms with Crippen molar-refractivity contribution in [1.29, 1.82) is 0 Å². The molecule has 144 valence electrons. The number of halogens is 5. The second-order valence-corrected chi connectivity index (χ2v) is 7.18. The Balaban J connectivity index is 1.70. The fourth-order valence-electron chi connectivity index (χ4n) is 4.14. The van der Waals surface area contributed by atoms with E-state index in [2.05, 4.69) is 12.6 Å². The summed E-state index contributed by atoms with van der Waals surface area (Å²) in [6, 6.07) is 11.7. The molecule has 5 heteroatoms. The molecule has 3 aromatic rings. The van der Waals surface area contributed by atoms with Gasteiger partial charge in [-0.15, -0.1) is 0 Å². The Morgan fingerprint density at radius 3 is 2.32 bits per heavy atom. The first-order valence-corrected chi connectivity index (χ1v) is 9.01. The predicted molar refractivity (Wildman–Crippen MR) is 100 cm³/mol. The highest BCUT2D eigenvalue weighted by atomic mass is 19.4. The molecule has 28 heavy (non-hydrogen) atoms. The lowest BCUT2D eigenvalue weighted by molar-refractivity contribution is -0.142. The van der Waals surface area contributed by atoms with Gasteiger partial charge in [-0.3, -0.25) is 0 Å². The largest absolute Gasteiger partial charge is 0.422 e. The van der Waals surface area contributed by atoms with Gasteiger partial charge in [0, 0.05) is 0 Å². The van der Waals surface area contributed by atoms with Crippen LogP contribution in [0.5, 0.6) is 0 Å². The van der Waals surface area contributed by atoms with E-state index in [4.69, 9.17) is 0 Å². The third kappa shape index (κ3) is 3.19. The summed E-state index contributed by atoms with van der Waals surface area (Å²) in [5, 5.41) is 2.23. The minimum absolute atomic E-state index is 0.219. The number of hydrogen-bond acceptors (Lipinski definition) is 0. The lowest BCUT2D eigenvalue weighted by atomic mass is 9.78. The minimum atomic E-state index is -5.05. The first-order valence-electron chi connectivity index (χ1n) is 9.01. The van der Waals surface area contributed by atoms with Crippen LogP contribution in [0, 0.1) is 11.6 Å². The Hall–Kier alpha value is -2.69. The second kappa shape index (κ2) is 6.73. The molecule has 3 aromatic carbocycles. The van der Waals surface area contributed by atoms with E-state index in [0.29, 0.717) is 19.3 Å². The van der Waals surface area contributed by atoms with Gasteiger partial charge in [0.25, 0.3) is 0 Å². The van der Waals surface area contributed by atoms with Gasteiger partial charge in [-0.2, -0.15) is 13.2 Å². The molecule has 0 spiro atoms. The molecule has 0 fully saturated rings. The van der Waals surface area contributed by atoms with E-state index in [-0.39, 0.29) is 11.5 Å². The standard InChI is InChI=1S/C23H17F5/c1-2-13-3-7-18-15(9-13)4-5-16-10-14(6-8-19(16)18)17-11-20(24)22(21(25)12-17)23(26,27)28/h2-5,7,9,11-12,14H,1,6,8,10H2. The van der Waals surface area contributed by atoms with E-state index in [1.54, 1.807) is 6.08 Å². The molecule has 0 amide bonds. The van der Waals surface area contributed by atoms with Gasteiger partial charge in [-0.25, -0.2) is 8.78 Å². The molecule has 0 aromatic heterocycles. The predicted octanol–water partition coefficient (Wildman–Crippen LogP) is 7.05. The van der Waals surface area contributed by atoms with Crippen molar-refractivity contribution in [3.8, 4) is 0 Å². The topological polar surface area (TPSA) is 0 Å². The van der Waals surface area contributed by atoms with E-state index in [1.165, 1.54) is 5.56 Å². The summed E-state index contributed by atoms with van der Waals surface area (Å²) in [4.78, 5) is 0. The number of rotatable bonds is 2. The van der Waals surface area contributed by atoms with Crippen LogP contribution >= 0.6 is 0 Å². The summed E-state index contributed by atoms with van der Waals surface area (Å²) in [5.41, 5.74) is 1.73. The fraction of sp³-hybridized carbons (Fsp3) is 0.217. The molecule has 0 N–H and O–H groups in total. The molecule has 0 heterocycles. The highest BCUT2D eigenvalue weighted by molar-refractivity contribution is 5.88. The maximum atomic E-state index is 14.0. The Kier molecular flexibility index (Phi) is 4.48. The molecule has 1 aliphatic rings. The monoisotopic (exact) mass is 388 g/mol. The van der Waals surface area contributed by atoms with Gasteiger partial charge < -0.3 is 0 Å². The molecule has 0 aliphatic heterocycles. The third-order valence-corrected chi connectivity index (χ3v) is 5.52. The van der Waals surface area contributed by atoms with Crippen molar-refractivity contribution in [3.05, 3.63) is 88.5 Å². The number of alkyl halides is 3. The van der Waals surface area contributed by atoms with Crippen molar-refractivity contribution in [3.63, 3.8) is 0 Å². The smallest absolute Gasteiger partial charge is 0.206 e. The lowest BCUT2D eigenvalue weighted by Crippen LogP contribution is -2.16. The maximum Gasteiger partial charge on any atom is 0.422 e. The number of aryl methyl sites for hydroxylation is 1. The normalized spacial score (nSPS) is 16.8. The van der Waals surface area contributed by atoms with Crippen LogP contribution in [0.25, 0.3) is 16.8 Å². The van der Waals surface area contributed by atoms with Crippen LogP contribution in [0.4, 0.5) is 22.0 Å². The Bertz CT molecular complexity index is 1060. The molecule has 0 radical (unpaired) electrons. The van der Waals surface area contributed by atoms with E-state index in [1.807, 2.05) is 24.3 Å². The summed E-state index contributed by atoms with van der Waals surface area (Å²) in [7, 11) is 0. The zero-order chi connectivity index (χ0) is 20.1. The molecule has 1 unspecified atom stereocenters. The van der Waals surface area contributed by atoms with Crippen LogP contribution in [0.1, 0.15) is 40.2 Å². The van der Waals surface area contributed by atoms with Crippen LogP contribution < -0.4 is 0 Å². The fourth-order valence-corrected chi connectivity index (χ4v) is 4.14. The van der Waals surface area contributed by atoms with Crippen LogP contribution in [0.15, 0.2) is 49.0 Å². The van der Waals surface area contributed by atoms with E-state index >= 15 is 0 Å². The Morgan fingerprint density at radius 2 is 1.68 bits per heavy atom. The molecule has 0 saturated carbocycles. The van der Waals surface area contributed by atoms with Crippen LogP contribution in [-0.4, -0.2) is 0 Å². The Morgan fingerprint density at radius 1 is 0.964 bits per heavy atom. The van der Waals surface area contributed by atoms with E-state index < -0.39 is 23.4 Å². The molecule has 1 aliphatic carbocycles. The van der Waals surface area contributed by atoms with Crippen molar-refractivity contribution in [2.24, 2.45) is 0 Å². The zero-order valence-corrected chi connectivity index (χ0v) is 14.9. The molecule has 1 atom stereocenters. The summed E-state index contributed by atoms with van der Waals surface area (Å²) >= 11 is 0. The van der Waals surface area contributed by atoms with Crippen LogP contribution in [-0.2, 0) is 19.0 Å². The summed E-state index contributed by atoms with van der Waals surface area (Å²) in [5.74, 6) is -3.32. The molecular weight excluding hydrogens is 371 g/mol. The second-order valence-electron chi connectivity index (χ2n) is 7.18. The average molecular weight is 388 g/mol. The first kappa shape index (κ1) is 18.7. The zero-order valence-electron chi connectivity index (χ0n) is 14.9. The van der Waals surface area contributed by atoms with Crippen molar-refractivity contribution < 1.29 is 22.0 Å². The molecule has 0 bridgehead atoms. The van der Waals surface area contributed by atoms with Gasteiger partial charge in [0.1, 0.15) is 17.2 Å². The van der Waals surface area contributed by atoms with Crippen LogP contribution in [0.2, 0.25) is 0 Å². The Labute approximate surface area is 159 Å². The maximum absolute atomic E-state index is 14.0. The third-order valence-electron chi connectivity index (χ3n) is 5.52. The van der Waals surface area contributed by atoms with Crippen molar-refractivity contribution in [2.45, 2.75) is 31.4 Å². The van der Waals surface area contributed by atoms with E-state index in [0.717, 1.165) is 34.0 Å². The van der Waals surface area contributed by atoms with Crippen molar-refractivity contribution in [1.82, 2.24) is 0 Å². The van der Waals surface area contributed by atoms with Gasteiger partial charge >= 0.3 is 6.18 Å². The summed E-state index contributed by atoms with van der Waals surface area (Å²) in [6.07, 6.45) is -1.40. The van der Waals surface area contributed by atoms with Gasteiger partial charge in [0.15, 0.2) is 0 Å². The minimum Gasteiger partial charge on any atom is -0.206 e. The van der Waals surface area contributed by atoms with Crippen LogP contribution in [0.3, 0.4) is 0 Å². The molecule has 0 saturated heterocycles. The van der Waals surface area contributed by atoms with Gasteiger partial charge in [-0.1, -0.05) is 36.9 Å². The average Bonchev–Trinajstić information content (AvgIpc) is 2.65. The number of benzene rings is 3. The summed E-state index contributed by atoms with van der Waals surface area (Å²) in [6.45, 7) is 3.77. The van der Waals surface area contributed by atoms with Gasteiger partial charge in [0.05, 0.1) is 0 Å². The van der Waals surface area contributed by atoms with E-state index in [9.17, 15) is 22.0 Å². The number of fused-ring (bicyclic) bond motifs is 3. The molecular formula is C23H17F5.